The average molecular weight is 354 g/mol. The van der Waals surface area contributed by atoms with E-state index in [-0.39, 0.29) is 23.5 Å². The number of carbonyl (C=O) groups excluding carboxylic acids is 1. The SMILES string of the molecule is O=C(CCl)N1Cc2ccccc2[C@H](c2cc(F)cc3ccccc23)C1. The van der Waals surface area contributed by atoms with Crippen molar-refractivity contribution in [3.63, 3.8) is 0 Å². The number of halogens is 2. The summed E-state index contributed by atoms with van der Waals surface area (Å²) in [6.45, 7) is 1.06. The molecule has 1 atom stereocenters. The average Bonchev–Trinajstić information content (AvgIpc) is 2.65. The van der Waals surface area contributed by atoms with E-state index in [4.69, 9.17) is 11.6 Å². The number of rotatable bonds is 2. The third-order valence-electron chi connectivity index (χ3n) is 4.90. The van der Waals surface area contributed by atoms with Crippen LogP contribution in [0.5, 0.6) is 0 Å². The summed E-state index contributed by atoms with van der Waals surface area (Å²) in [6, 6.07) is 19.0. The van der Waals surface area contributed by atoms with E-state index in [0.29, 0.717) is 13.1 Å². The quantitative estimate of drug-likeness (QED) is 0.612. The number of amides is 1. The molecule has 0 bridgehead atoms. The van der Waals surface area contributed by atoms with E-state index in [0.717, 1.165) is 27.5 Å². The standard InChI is InChI=1S/C21H17ClFNO/c22-11-21(25)24-12-15-6-2-4-8-18(15)20(13-24)19-10-16(23)9-14-5-1-3-7-17(14)19/h1-10,20H,11-13H2/t20-/m1/s1. The Morgan fingerprint density at radius 3 is 2.68 bits per heavy atom. The largest absolute Gasteiger partial charge is 0.336 e. The van der Waals surface area contributed by atoms with Gasteiger partial charge in [0.25, 0.3) is 0 Å². The molecule has 0 aliphatic carbocycles. The number of benzene rings is 3. The molecule has 0 N–H and O–H groups in total. The van der Waals surface area contributed by atoms with Crippen molar-refractivity contribution in [1.29, 1.82) is 0 Å². The lowest BCUT2D eigenvalue weighted by molar-refractivity contribution is -0.129. The van der Waals surface area contributed by atoms with E-state index in [9.17, 15) is 9.18 Å². The first-order chi connectivity index (χ1) is 12.2. The Bertz CT molecular complexity index is 956. The minimum Gasteiger partial charge on any atom is -0.336 e. The van der Waals surface area contributed by atoms with Gasteiger partial charge in [0, 0.05) is 19.0 Å². The fourth-order valence-electron chi connectivity index (χ4n) is 3.74. The van der Waals surface area contributed by atoms with E-state index < -0.39 is 0 Å². The molecule has 25 heavy (non-hydrogen) atoms. The number of carbonyl (C=O) groups is 1. The minimum absolute atomic E-state index is 0.0429. The summed E-state index contributed by atoms with van der Waals surface area (Å²) in [6.07, 6.45) is 0. The third-order valence-corrected chi connectivity index (χ3v) is 5.12. The predicted octanol–water partition coefficient (Wildman–Crippen LogP) is 4.69. The molecule has 1 aliphatic heterocycles. The molecule has 1 amide bonds. The number of hydrogen-bond donors (Lipinski definition) is 0. The molecule has 1 aliphatic rings. The van der Waals surface area contributed by atoms with Crippen LogP contribution < -0.4 is 0 Å². The normalized spacial score (nSPS) is 16.7. The summed E-state index contributed by atoms with van der Waals surface area (Å²) in [7, 11) is 0. The van der Waals surface area contributed by atoms with Crippen molar-refractivity contribution in [2.24, 2.45) is 0 Å². The van der Waals surface area contributed by atoms with E-state index in [2.05, 4.69) is 6.07 Å². The highest BCUT2D eigenvalue weighted by Gasteiger charge is 2.29. The van der Waals surface area contributed by atoms with Crippen molar-refractivity contribution >= 4 is 28.3 Å². The van der Waals surface area contributed by atoms with Crippen LogP contribution in [0.25, 0.3) is 10.8 Å². The van der Waals surface area contributed by atoms with E-state index in [1.807, 2.05) is 42.5 Å². The summed E-state index contributed by atoms with van der Waals surface area (Å²) in [4.78, 5) is 14.0. The molecule has 1 heterocycles. The molecule has 0 unspecified atom stereocenters. The van der Waals surface area contributed by atoms with E-state index >= 15 is 0 Å². The number of alkyl halides is 1. The molecule has 0 aromatic heterocycles. The molecule has 0 spiro atoms. The van der Waals surface area contributed by atoms with Gasteiger partial charge in [0.05, 0.1) is 0 Å². The number of hydrogen-bond acceptors (Lipinski definition) is 1. The molecule has 3 aromatic rings. The zero-order chi connectivity index (χ0) is 17.4. The fourth-order valence-corrected chi connectivity index (χ4v) is 3.91. The minimum atomic E-state index is -0.257. The van der Waals surface area contributed by atoms with Gasteiger partial charge >= 0.3 is 0 Å². The van der Waals surface area contributed by atoms with Crippen LogP contribution in [0.3, 0.4) is 0 Å². The first-order valence-electron chi connectivity index (χ1n) is 8.27. The number of fused-ring (bicyclic) bond motifs is 2. The lowest BCUT2D eigenvalue weighted by Gasteiger charge is -2.35. The van der Waals surface area contributed by atoms with Gasteiger partial charge < -0.3 is 4.90 Å². The second kappa shape index (κ2) is 6.49. The summed E-state index contributed by atoms with van der Waals surface area (Å²) in [5, 5.41) is 1.89. The van der Waals surface area contributed by atoms with Gasteiger partial charge in [-0.15, -0.1) is 11.6 Å². The first kappa shape index (κ1) is 16.1. The molecule has 4 heteroatoms. The second-order valence-electron chi connectivity index (χ2n) is 6.38. The Morgan fingerprint density at radius 1 is 1.08 bits per heavy atom. The van der Waals surface area contributed by atoms with Gasteiger partial charge in [0.2, 0.25) is 5.91 Å². The fraction of sp³-hybridized carbons (Fsp3) is 0.190. The van der Waals surface area contributed by atoms with E-state index in [1.54, 1.807) is 17.0 Å². The molecular formula is C21H17ClFNO. The molecule has 0 saturated heterocycles. The van der Waals surface area contributed by atoms with Gasteiger partial charge in [0.1, 0.15) is 11.7 Å². The van der Waals surface area contributed by atoms with Crippen LogP contribution >= 0.6 is 11.6 Å². The Labute approximate surface area is 150 Å². The highest BCUT2D eigenvalue weighted by Crippen LogP contribution is 2.37. The Morgan fingerprint density at radius 2 is 1.84 bits per heavy atom. The summed E-state index contributed by atoms with van der Waals surface area (Å²) < 4.78 is 14.2. The molecule has 2 nitrogen and oxygen atoms in total. The maximum atomic E-state index is 14.2. The molecule has 4 rings (SSSR count). The molecule has 0 radical (unpaired) electrons. The topological polar surface area (TPSA) is 20.3 Å². The van der Waals surface area contributed by atoms with Crippen molar-refractivity contribution < 1.29 is 9.18 Å². The Balaban J connectivity index is 1.91. The molecule has 3 aromatic carbocycles. The van der Waals surface area contributed by atoms with Crippen LogP contribution in [0, 0.1) is 5.82 Å². The van der Waals surface area contributed by atoms with Crippen molar-refractivity contribution in [1.82, 2.24) is 4.90 Å². The van der Waals surface area contributed by atoms with Crippen molar-refractivity contribution in [3.8, 4) is 0 Å². The summed E-state index contributed by atoms with van der Waals surface area (Å²) in [5.74, 6) is -0.467. The Kier molecular flexibility index (Phi) is 4.18. The second-order valence-corrected chi connectivity index (χ2v) is 6.64. The van der Waals surface area contributed by atoms with Gasteiger partial charge in [-0.2, -0.15) is 0 Å². The van der Waals surface area contributed by atoms with Crippen LogP contribution in [0.4, 0.5) is 4.39 Å². The monoisotopic (exact) mass is 353 g/mol. The molecular weight excluding hydrogens is 337 g/mol. The summed E-state index contributed by atoms with van der Waals surface area (Å²) >= 11 is 5.78. The third kappa shape index (κ3) is 2.89. The zero-order valence-electron chi connectivity index (χ0n) is 13.6. The molecule has 126 valence electrons. The lowest BCUT2D eigenvalue weighted by atomic mass is 9.82. The lowest BCUT2D eigenvalue weighted by Crippen LogP contribution is -2.39. The van der Waals surface area contributed by atoms with Gasteiger partial charge in [0.15, 0.2) is 0 Å². The molecule has 0 fully saturated rings. The van der Waals surface area contributed by atoms with Crippen molar-refractivity contribution in [3.05, 3.63) is 83.2 Å². The van der Waals surface area contributed by atoms with Crippen LogP contribution in [-0.2, 0) is 11.3 Å². The zero-order valence-corrected chi connectivity index (χ0v) is 14.3. The van der Waals surface area contributed by atoms with E-state index in [1.165, 1.54) is 0 Å². The highest BCUT2D eigenvalue weighted by atomic mass is 35.5. The first-order valence-corrected chi connectivity index (χ1v) is 8.80. The van der Waals surface area contributed by atoms with Crippen LogP contribution in [0.15, 0.2) is 60.7 Å². The molecule has 0 saturated carbocycles. The predicted molar refractivity (Wildman–Crippen MR) is 98.3 cm³/mol. The van der Waals surface area contributed by atoms with Crippen LogP contribution in [0.2, 0.25) is 0 Å². The van der Waals surface area contributed by atoms with Crippen LogP contribution in [-0.4, -0.2) is 23.2 Å². The Hall–Kier alpha value is -2.39. The van der Waals surface area contributed by atoms with Crippen molar-refractivity contribution in [2.75, 3.05) is 12.4 Å². The van der Waals surface area contributed by atoms with Crippen LogP contribution in [0.1, 0.15) is 22.6 Å². The highest BCUT2D eigenvalue weighted by molar-refractivity contribution is 6.27. The summed E-state index contributed by atoms with van der Waals surface area (Å²) in [5.41, 5.74) is 3.15. The number of nitrogens with zero attached hydrogens (tertiary/aromatic N) is 1. The van der Waals surface area contributed by atoms with Gasteiger partial charge in [-0.1, -0.05) is 48.5 Å². The van der Waals surface area contributed by atoms with Gasteiger partial charge in [-0.25, -0.2) is 4.39 Å². The smallest absolute Gasteiger partial charge is 0.237 e. The maximum absolute atomic E-state index is 14.2. The maximum Gasteiger partial charge on any atom is 0.237 e. The van der Waals surface area contributed by atoms with Gasteiger partial charge in [-0.05, 0) is 39.6 Å². The van der Waals surface area contributed by atoms with Crippen molar-refractivity contribution in [2.45, 2.75) is 12.5 Å². The van der Waals surface area contributed by atoms with Gasteiger partial charge in [-0.3, -0.25) is 4.79 Å².